The minimum Gasteiger partial charge on any atom is -0.379 e. The van der Waals surface area contributed by atoms with Gasteiger partial charge in [-0.15, -0.1) is 24.0 Å². The van der Waals surface area contributed by atoms with Crippen molar-refractivity contribution in [3.05, 3.63) is 35.4 Å². The predicted octanol–water partition coefficient (Wildman–Crippen LogP) is 2.49. The van der Waals surface area contributed by atoms with Gasteiger partial charge in [0.05, 0.1) is 12.7 Å². The topological polar surface area (TPSA) is 54.9 Å². The Hall–Kier alpha value is -1.00. The van der Waals surface area contributed by atoms with Crippen LogP contribution in [0.1, 0.15) is 18.4 Å². The maximum absolute atomic E-state index is 13.1. The standard InChI is InChI=1S/C17H25F2N3O2.HI/c1-20-17(21-5-2-7-24-16-4-8-23-12-16)22-6-3-13-9-14(18)11-15(19)10-13;/h9-11,16H,2-8,12H2,1H3,(H2,20,21,22);1H. The highest BCUT2D eigenvalue weighted by molar-refractivity contribution is 14.0. The Labute approximate surface area is 164 Å². The molecule has 8 heteroatoms. The van der Waals surface area contributed by atoms with Gasteiger partial charge in [0.2, 0.25) is 0 Å². The number of hydrogen-bond acceptors (Lipinski definition) is 3. The van der Waals surface area contributed by atoms with Crippen LogP contribution < -0.4 is 10.6 Å². The van der Waals surface area contributed by atoms with Crippen molar-refractivity contribution in [3.8, 4) is 0 Å². The number of ether oxygens (including phenoxy) is 2. The summed E-state index contributed by atoms with van der Waals surface area (Å²) in [5, 5.41) is 6.31. The number of hydrogen-bond donors (Lipinski definition) is 2. The van der Waals surface area contributed by atoms with Gasteiger partial charge in [0.25, 0.3) is 0 Å². The molecule has 1 fully saturated rings. The molecule has 0 aliphatic carbocycles. The van der Waals surface area contributed by atoms with Gasteiger partial charge in [-0.3, -0.25) is 4.99 Å². The molecule has 1 heterocycles. The lowest BCUT2D eigenvalue weighted by atomic mass is 10.1. The zero-order chi connectivity index (χ0) is 17.2. The van der Waals surface area contributed by atoms with Gasteiger partial charge in [0.1, 0.15) is 11.6 Å². The second-order valence-electron chi connectivity index (χ2n) is 5.66. The van der Waals surface area contributed by atoms with Gasteiger partial charge in [0.15, 0.2) is 5.96 Å². The van der Waals surface area contributed by atoms with Crippen LogP contribution >= 0.6 is 24.0 Å². The number of aliphatic imine (C=N–C) groups is 1. The number of rotatable bonds is 8. The molecule has 1 atom stereocenters. The van der Waals surface area contributed by atoms with Crippen molar-refractivity contribution in [2.75, 3.05) is 40.0 Å². The molecule has 25 heavy (non-hydrogen) atoms. The highest BCUT2D eigenvalue weighted by atomic mass is 127. The van der Waals surface area contributed by atoms with E-state index >= 15 is 0 Å². The van der Waals surface area contributed by atoms with E-state index in [0.29, 0.717) is 37.7 Å². The van der Waals surface area contributed by atoms with E-state index in [1.807, 2.05) is 0 Å². The molecule has 0 amide bonds. The minimum atomic E-state index is -0.555. The molecule has 1 unspecified atom stereocenters. The summed E-state index contributed by atoms with van der Waals surface area (Å²) in [6.07, 6.45) is 2.58. The molecule has 1 aliphatic rings. The van der Waals surface area contributed by atoms with Gasteiger partial charge in [-0.25, -0.2) is 8.78 Å². The number of nitrogens with one attached hydrogen (secondary N) is 2. The first-order valence-corrected chi connectivity index (χ1v) is 8.26. The molecule has 1 aliphatic heterocycles. The summed E-state index contributed by atoms with van der Waals surface area (Å²) < 4.78 is 37.2. The average Bonchev–Trinajstić information content (AvgIpc) is 3.05. The zero-order valence-electron chi connectivity index (χ0n) is 14.4. The van der Waals surface area contributed by atoms with Crippen molar-refractivity contribution in [1.29, 1.82) is 0 Å². The van der Waals surface area contributed by atoms with Gasteiger partial charge in [-0.2, -0.15) is 0 Å². The van der Waals surface area contributed by atoms with Gasteiger partial charge in [0, 0.05) is 39.4 Å². The lowest BCUT2D eigenvalue weighted by molar-refractivity contribution is 0.0420. The van der Waals surface area contributed by atoms with E-state index in [2.05, 4.69) is 15.6 Å². The van der Waals surface area contributed by atoms with Crippen molar-refractivity contribution in [3.63, 3.8) is 0 Å². The molecule has 0 radical (unpaired) electrons. The molecule has 142 valence electrons. The quantitative estimate of drug-likeness (QED) is 0.266. The maximum atomic E-state index is 13.1. The van der Waals surface area contributed by atoms with Crippen LogP contribution in [0, 0.1) is 11.6 Å². The van der Waals surface area contributed by atoms with Crippen LogP contribution in [0.2, 0.25) is 0 Å². The van der Waals surface area contributed by atoms with Crippen LogP contribution in [0.25, 0.3) is 0 Å². The number of halogens is 3. The Bertz CT molecular complexity index is 520. The largest absolute Gasteiger partial charge is 0.379 e. The second kappa shape index (κ2) is 12.4. The van der Waals surface area contributed by atoms with Crippen molar-refractivity contribution in [2.24, 2.45) is 4.99 Å². The predicted molar refractivity (Wildman–Crippen MR) is 105 cm³/mol. The first-order chi connectivity index (χ1) is 11.7. The number of benzene rings is 1. The first-order valence-electron chi connectivity index (χ1n) is 8.26. The van der Waals surface area contributed by atoms with Crippen LogP contribution in [0.3, 0.4) is 0 Å². The third kappa shape index (κ3) is 8.77. The summed E-state index contributed by atoms with van der Waals surface area (Å²) in [7, 11) is 1.68. The molecule has 0 aromatic heterocycles. The minimum absolute atomic E-state index is 0. The van der Waals surface area contributed by atoms with E-state index in [9.17, 15) is 8.78 Å². The summed E-state index contributed by atoms with van der Waals surface area (Å²) in [6, 6.07) is 3.55. The van der Waals surface area contributed by atoms with E-state index in [1.165, 1.54) is 12.1 Å². The molecule has 0 spiro atoms. The van der Waals surface area contributed by atoms with Crippen molar-refractivity contribution >= 4 is 29.9 Å². The summed E-state index contributed by atoms with van der Waals surface area (Å²) in [6.45, 7) is 3.44. The SMILES string of the molecule is CN=C(NCCCOC1CCOC1)NCCc1cc(F)cc(F)c1.I. The maximum Gasteiger partial charge on any atom is 0.190 e. The highest BCUT2D eigenvalue weighted by Crippen LogP contribution is 2.08. The fourth-order valence-corrected chi connectivity index (χ4v) is 2.47. The molecular weight excluding hydrogens is 443 g/mol. The molecule has 0 bridgehead atoms. The van der Waals surface area contributed by atoms with E-state index in [0.717, 1.165) is 32.1 Å². The molecule has 2 rings (SSSR count). The van der Waals surface area contributed by atoms with Gasteiger partial charge < -0.3 is 20.1 Å². The molecule has 1 saturated heterocycles. The molecule has 0 saturated carbocycles. The lowest BCUT2D eigenvalue weighted by Gasteiger charge is -2.13. The fourth-order valence-electron chi connectivity index (χ4n) is 2.47. The second-order valence-corrected chi connectivity index (χ2v) is 5.66. The van der Waals surface area contributed by atoms with Crippen molar-refractivity contribution in [1.82, 2.24) is 10.6 Å². The monoisotopic (exact) mass is 469 g/mol. The Morgan fingerprint density at radius 3 is 2.60 bits per heavy atom. The summed E-state index contributed by atoms with van der Waals surface area (Å²) in [5.41, 5.74) is 0.614. The summed E-state index contributed by atoms with van der Waals surface area (Å²) >= 11 is 0. The molecule has 2 N–H and O–H groups in total. The molecular formula is C17H26F2IN3O2. The Balaban J connectivity index is 0.00000312. The molecule has 5 nitrogen and oxygen atoms in total. The average molecular weight is 469 g/mol. The van der Waals surface area contributed by atoms with Crippen molar-refractivity contribution < 1.29 is 18.3 Å². The Morgan fingerprint density at radius 1 is 1.24 bits per heavy atom. The van der Waals surface area contributed by atoms with E-state index in [-0.39, 0.29) is 30.1 Å². The summed E-state index contributed by atoms with van der Waals surface area (Å²) in [4.78, 5) is 4.11. The Kier molecular flexibility index (Phi) is 10.9. The van der Waals surface area contributed by atoms with E-state index in [1.54, 1.807) is 7.05 Å². The lowest BCUT2D eigenvalue weighted by Crippen LogP contribution is -2.39. The number of guanidine groups is 1. The molecule has 1 aromatic rings. The normalized spacial score (nSPS) is 17.2. The highest BCUT2D eigenvalue weighted by Gasteiger charge is 2.15. The van der Waals surface area contributed by atoms with E-state index < -0.39 is 11.6 Å². The van der Waals surface area contributed by atoms with Crippen LogP contribution in [0.5, 0.6) is 0 Å². The molecule has 1 aromatic carbocycles. The zero-order valence-corrected chi connectivity index (χ0v) is 16.7. The van der Waals surface area contributed by atoms with Gasteiger partial charge in [-0.1, -0.05) is 0 Å². The smallest absolute Gasteiger partial charge is 0.190 e. The van der Waals surface area contributed by atoms with Crippen LogP contribution in [0.15, 0.2) is 23.2 Å². The fraction of sp³-hybridized carbons (Fsp3) is 0.588. The van der Waals surface area contributed by atoms with Crippen LogP contribution in [0.4, 0.5) is 8.78 Å². The van der Waals surface area contributed by atoms with Gasteiger partial charge in [-0.05, 0) is 37.0 Å². The van der Waals surface area contributed by atoms with Crippen LogP contribution in [-0.2, 0) is 15.9 Å². The van der Waals surface area contributed by atoms with Crippen LogP contribution in [-0.4, -0.2) is 52.0 Å². The Morgan fingerprint density at radius 2 is 1.96 bits per heavy atom. The van der Waals surface area contributed by atoms with E-state index in [4.69, 9.17) is 9.47 Å². The van der Waals surface area contributed by atoms with Gasteiger partial charge >= 0.3 is 0 Å². The summed E-state index contributed by atoms with van der Waals surface area (Å²) in [5.74, 6) is -0.448. The van der Waals surface area contributed by atoms with Crippen molar-refractivity contribution in [2.45, 2.75) is 25.4 Å². The third-order valence-corrected chi connectivity index (χ3v) is 3.71. The number of nitrogens with zero attached hydrogens (tertiary/aromatic N) is 1. The third-order valence-electron chi connectivity index (χ3n) is 3.71. The first kappa shape index (κ1) is 22.0.